The Labute approximate surface area is 161 Å². The topological polar surface area (TPSA) is 61.9 Å². The second-order valence-electron chi connectivity index (χ2n) is 8.31. The predicted molar refractivity (Wildman–Crippen MR) is 105 cm³/mol. The van der Waals surface area contributed by atoms with Gasteiger partial charge in [-0.15, -0.1) is 0 Å². The lowest BCUT2D eigenvalue weighted by atomic mass is 9.76. The number of nitrogens with zero attached hydrogens (tertiary/aromatic N) is 2. The van der Waals surface area contributed by atoms with E-state index in [4.69, 9.17) is 4.74 Å². The molecule has 0 saturated carbocycles. The predicted octanol–water partition coefficient (Wildman–Crippen LogP) is 2.98. The number of fused-ring (bicyclic) bond motifs is 1. The fourth-order valence-corrected chi connectivity index (χ4v) is 4.08. The zero-order valence-corrected chi connectivity index (χ0v) is 16.8. The third-order valence-electron chi connectivity index (χ3n) is 5.60. The standard InChI is InChI=1S/C21H31N3O3/c1-15(2)22-20(26)24-11-9-21(10-12-24)14-16(13-19(25)23(3)4)17-7-5-6-8-18(17)27-21/h5-8,15-16H,9-14H2,1-4H3,(H,22,26). The molecule has 1 fully saturated rings. The second kappa shape index (κ2) is 7.79. The van der Waals surface area contributed by atoms with Gasteiger partial charge in [0.1, 0.15) is 11.4 Å². The number of likely N-dealkylation sites (tertiary alicyclic amines) is 1. The van der Waals surface area contributed by atoms with Crippen molar-refractivity contribution in [1.82, 2.24) is 15.1 Å². The van der Waals surface area contributed by atoms with Gasteiger partial charge in [-0.1, -0.05) is 18.2 Å². The van der Waals surface area contributed by atoms with Crippen molar-refractivity contribution in [2.24, 2.45) is 0 Å². The molecule has 1 N–H and O–H groups in total. The molecule has 1 unspecified atom stereocenters. The molecule has 0 aliphatic carbocycles. The van der Waals surface area contributed by atoms with Crippen LogP contribution in [0.2, 0.25) is 0 Å². The largest absolute Gasteiger partial charge is 0.487 e. The number of nitrogens with one attached hydrogen (secondary N) is 1. The summed E-state index contributed by atoms with van der Waals surface area (Å²) < 4.78 is 6.46. The number of ether oxygens (including phenoxy) is 1. The van der Waals surface area contributed by atoms with E-state index in [2.05, 4.69) is 11.4 Å². The quantitative estimate of drug-likeness (QED) is 0.886. The van der Waals surface area contributed by atoms with E-state index >= 15 is 0 Å². The summed E-state index contributed by atoms with van der Waals surface area (Å²) >= 11 is 0. The van der Waals surface area contributed by atoms with Gasteiger partial charge in [0, 0.05) is 58.4 Å². The highest BCUT2D eigenvalue weighted by molar-refractivity contribution is 5.77. The summed E-state index contributed by atoms with van der Waals surface area (Å²) in [5.74, 6) is 1.18. The first-order chi connectivity index (χ1) is 12.8. The smallest absolute Gasteiger partial charge is 0.317 e. The molecule has 0 radical (unpaired) electrons. The normalized spacial score (nSPS) is 20.8. The van der Waals surface area contributed by atoms with Gasteiger partial charge in [-0.2, -0.15) is 0 Å². The molecule has 1 atom stereocenters. The summed E-state index contributed by atoms with van der Waals surface area (Å²) in [6.45, 7) is 5.29. The molecule has 148 valence electrons. The van der Waals surface area contributed by atoms with E-state index in [0.29, 0.717) is 19.5 Å². The molecular weight excluding hydrogens is 342 g/mol. The highest BCUT2D eigenvalue weighted by atomic mass is 16.5. The van der Waals surface area contributed by atoms with Crippen LogP contribution in [0.25, 0.3) is 0 Å². The van der Waals surface area contributed by atoms with Gasteiger partial charge in [-0.05, 0) is 31.9 Å². The number of piperidine rings is 1. The summed E-state index contributed by atoms with van der Waals surface area (Å²) in [6.07, 6.45) is 2.90. The summed E-state index contributed by atoms with van der Waals surface area (Å²) in [6, 6.07) is 8.19. The number of carbonyl (C=O) groups is 2. The molecule has 6 nitrogen and oxygen atoms in total. The number of hydrogen-bond donors (Lipinski definition) is 1. The molecule has 2 aliphatic rings. The fraction of sp³-hybridized carbons (Fsp3) is 0.619. The molecule has 6 heteroatoms. The number of rotatable bonds is 3. The SMILES string of the molecule is CC(C)NC(=O)N1CCC2(CC1)CC(CC(=O)N(C)C)c1ccccc1O2. The van der Waals surface area contributed by atoms with Gasteiger partial charge in [0.25, 0.3) is 0 Å². The third kappa shape index (κ3) is 4.37. The van der Waals surface area contributed by atoms with Crippen molar-refractivity contribution in [3.8, 4) is 5.75 Å². The minimum Gasteiger partial charge on any atom is -0.487 e. The van der Waals surface area contributed by atoms with E-state index in [1.807, 2.05) is 36.9 Å². The summed E-state index contributed by atoms with van der Waals surface area (Å²) in [7, 11) is 3.60. The van der Waals surface area contributed by atoms with Crippen LogP contribution in [-0.4, -0.2) is 60.6 Å². The molecule has 1 spiro atoms. The Kier molecular flexibility index (Phi) is 5.63. The first-order valence-electron chi connectivity index (χ1n) is 9.83. The van der Waals surface area contributed by atoms with Gasteiger partial charge in [-0.3, -0.25) is 4.79 Å². The molecular formula is C21H31N3O3. The minimum atomic E-state index is -0.291. The van der Waals surface area contributed by atoms with E-state index in [9.17, 15) is 9.59 Å². The number of amides is 3. The Morgan fingerprint density at radius 2 is 1.93 bits per heavy atom. The average molecular weight is 373 g/mol. The lowest BCUT2D eigenvalue weighted by Crippen LogP contribution is -2.54. The Balaban J connectivity index is 1.74. The number of para-hydroxylation sites is 1. The summed E-state index contributed by atoms with van der Waals surface area (Å²) in [5, 5.41) is 2.96. The van der Waals surface area contributed by atoms with Gasteiger partial charge in [-0.25, -0.2) is 4.79 Å². The Hall–Kier alpha value is -2.24. The highest BCUT2D eigenvalue weighted by Gasteiger charge is 2.44. The third-order valence-corrected chi connectivity index (χ3v) is 5.60. The van der Waals surface area contributed by atoms with Gasteiger partial charge < -0.3 is 19.9 Å². The number of urea groups is 1. The number of carbonyl (C=O) groups excluding carboxylic acids is 2. The monoisotopic (exact) mass is 373 g/mol. The van der Waals surface area contributed by atoms with Crippen molar-refractivity contribution < 1.29 is 14.3 Å². The highest BCUT2D eigenvalue weighted by Crippen LogP contribution is 2.46. The lowest BCUT2D eigenvalue weighted by molar-refractivity contribution is -0.129. The van der Waals surface area contributed by atoms with Gasteiger partial charge in [0.2, 0.25) is 5.91 Å². The van der Waals surface area contributed by atoms with Crippen LogP contribution in [0.3, 0.4) is 0 Å². The molecule has 2 heterocycles. The van der Waals surface area contributed by atoms with Crippen molar-refractivity contribution in [1.29, 1.82) is 0 Å². The van der Waals surface area contributed by atoms with Gasteiger partial charge in [0.05, 0.1) is 0 Å². The van der Waals surface area contributed by atoms with Gasteiger partial charge >= 0.3 is 6.03 Å². The molecule has 0 bridgehead atoms. The van der Waals surface area contributed by atoms with Crippen molar-refractivity contribution in [3.63, 3.8) is 0 Å². The first-order valence-corrected chi connectivity index (χ1v) is 9.83. The average Bonchev–Trinajstić information content (AvgIpc) is 2.61. The van der Waals surface area contributed by atoms with Crippen LogP contribution in [0.1, 0.15) is 51.0 Å². The van der Waals surface area contributed by atoms with Crippen molar-refractivity contribution in [2.45, 2.75) is 57.1 Å². The number of benzene rings is 1. The van der Waals surface area contributed by atoms with Crippen molar-refractivity contribution in [2.75, 3.05) is 27.2 Å². The van der Waals surface area contributed by atoms with E-state index in [-0.39, 0.29) is 29.5 Å². The Morgan fingerprint density at radius 3 is 2.56 bits per heavy atom. The fourth-order valence-electron chi connectivity index (χ4n) is 4.08. The van der Waals surface area contributed by atoms with Crippen LogP contribution >= 0.6 is 0 Å². The molecule has 1 aromatic carbocycles. The second-order valence-corrected chi connectivity index (χ2v) is 8.31. The molecule has 3 amide bonds. The maximum atomic E-state index is 12.4. The number of hydrogen-bond acceptors (Lipinski definition) is 3. The Bertz CT molecular complexity index is 694. The van der Waals surface area contributed by atoms with Crippen LogP contribution < -0.4 is 10.1 Å². The summed E-state index contributed by atoms with van der Waals surface area (Å²) in [4.78, 5) is 28.2. The summed E-state index contributed by atoms with van der Waals surface area (Å²) in [5.41, 5.74) is 0.832. The molecule has 1 aromatic rings. The zero-order chi connectivity index (χ0) is 19.6. The Morgan fingerprint density at radius 1 is 1.26 bits per heavy atom. The van der Waals surface area contributed by atoms with E-state index in [0.717, 1.165) is 30.6 Å². The van der Waals surface area contributed by atoms with Crippen LogP contribution in [0, 0.1) is 0 Å². The zero-order valence-electron chi connectivity index (χ0n) is 16.8. The first kappa shape index (κ1) is 19.5. The van der Waals surface area contributed by atoms with E-state index in [1.165, 1.54) is 0 Å². The van der Waals surface area contributed by atoms with Crippen LogP contribution in [0.5, 0.6) is 5.75 Å². The lowest BCUT2D eigenvalue weighted by Gasteiger charge is -2.47. The maximum absolute atomic E-state index is 12.4. The van der Waals surface area contributed by atoms with Crippen LogP contribution in [0.15, 0.2) is 24.3 Å². The van der Waals surface area contributed by atoms with Crippen molar-refractivity contribution in [3.05, 3.63) is 29.8 Å². The van der Waals surface area contributed by atoms with Crippen LogP contribution in [-0.2, 0) is 4.79 Å². The maximum Gasteiger partial charge on any atom is 0.317 e. The molecule has 2 aliphatic heterocycles. The minimum absolute atomic E-state index is 0.00426. The molecule has 1 saturated heterocycles. The molecule has 0 aromatic heterocycles. The molecule has 27 heavy (non-hydrogen) atoms. The van der Waals surface area contributed by atoms with E-state index in [1.54, 1.807) is 19.0 Å². The van der Waals surface area contributed by atoms with E-state index < -0.39 is 0 Å². The van der Waals surface area contributed by atoms with Gasteiger partial charge in [0.15, 0.2) is 0 Å². The molecule has 3 rings (SSSR count). The van der Waals surface area contributed by atoms with Crippen molar-refractivity contribution >= 4 is 11.9 Å². The van der Waals surface area contributed by atoms with Crippen LogP contribution in [0.4, 0.5) is 4.79 Å².